The molecule has 0 aliphatic heterocycles. The molecule has 0 saturated heterocycles. The largest absolute Gasteiger partial charge is 0.426 e. The zero-order valence-corrected chi connectivity index (χ0v) is 17.3. The highest BCUT2D eigenvalue weighted by Crippen LogP contribution is 2.42. The van der Waals surface area contributed by atoms with Gasteiger partial charge in [0.05, 0.1) is 0 Å². The molecule has 1 atom stereocenters. The maximum Gasteiger partial charge on any atom is 0.308 e. The summed E-state index contributed by atoms with van der Waals surface area (Å²) in [6.45, 7) is 3.34. The number of carbonyl (C=O) groups is 2. The van der Waals surface area contributed by atoms with Crippen molar-refractivity contribution in [3.05, 3.63) is 76.8 Å². The molecule has 0 amide bonds. The number of hydrogen-bond acceptors (Lipinski definition) is 4. The van der Waals surface area contributed by atoms with Crippen LogP contribution in [0.4, 0.5) is 0 Å². The van der Waals surface area contributed by atoms with E-state index >= 15 is 0 Å². The van der Waals surface area contributed by atoms with Crippen LogP contribution in [0.15, 0.2) is 60.7 Å². The van der Waals surface area contributed by atoms with E-state index in [1.165, 1.54) is 6.92 Å². The number of halogens is 1. The molecule has 0 aliphatic rings. The Hall–Kier alpha value is -2.69. The average Bonchev–Trinajstić information content (AvgIpc) is 2.71. The first-order valence-electron chi connectivity index (χ1n) is 9.67. The third-order valence-electron chi connectivity index (χ3n) is 5.03. The van der Waals surface area contributed by atoms with E-state index in [0.29, 0.717) is 29.0 Å². The van der Waals surface area contributed by atoms with Gasteiger partial charge in [-0.1, -0.05) is 73.5 Å². The molecule has 0 fully saturated rings. The molecule has 0 spiro atoms. The van der Waals surface area contributed by atoms with Gasteiger partial charge in [-0.25, -0.2) is 0 Å². The highest BCUT2D eigenvalue weighted by atomic mass is 35.5. The Morgan fingerprint density at radius 2 is 1.72 bits per heavy atom. The second kappa shape index (κ2) is 8.76. The summed E-state index contributed by atoms with van der Waals surface area (Å²) in [5.41, 5.74) is 6.34. The molecule has 4 nitrogen and oxygen atoms in total. The number of hydrogen-bond donors (Lipinski definition) is 1. The van der Waals surface area contributed by atoms with Crippen molar-refractivity contribution in [2.45, 2.75) is 38.6 Å². The van der Waals surface area contributed by atoms with Gasteiger partial charge in [0.1, 0.15) is 11.3 Å². The molecule has 1 unspecified atom stereocenters. The monoisotopic (exact) mass is 409 g/mol. The molecule has 0 bridgehead atoms. The Bertz CT molecular complexity index is 1060. The SMILES string of the molecule is CCCCC(=O)C(N)(c1ccccc1Cl)c1c(OC(C)=O)ccc2ccccc12. The number of esters is 1. The number of ether oxygens (including phenoxy) is 1. The zero-order valence-electron chi connectivity index (χ0n) is 16.6. The molecule has 3 rings (SSSR count). The number of benzene rings is 3. The average molecular weight is 410 g/mol. The molecular weight excluding hydrogens is 386 g/mol. The number of carbonyl (C=O) groups excluding carboxylic acids is 2. The Morgan fingerprint density at radius 1 is 1.03 bits per heavy atom. The summed E-state index contributed by atoms with van der Waals surface area (Å²) in [5.74, 6) is -0.385. The van der Waals surface area contributed by atoms with Crippen molar-refractivity contribution in [3.63, 3.8) is 0 Å². The molecule has 0 saturated carbocycles. The Morgan fingerprint density at radius 3 is 2.41 bits per heavy atom. The molecule has 0 heterocycles. The van der Waals surface area contributed by atoms with Gasteiger partial charge in [-0.2, -0.15) is 0 Å². The number of ketones is 1. The van der Waals surface area contributed by atoms with Crippen molar-refractivity contribution in [2.24, 2.45) is 5.73 Å². The molecule has 2 N–H and O–H groups in total. The van der Waals surface area contributed by atoms with E-state index in [4.69, 9.17) is 22.1 Å². The van der Waals surface area contributed by atoms with Crippen molar-refractivity contribution in [3.8, 4) is 5.75 Å². The minimum Gasteiger partial charge on any atom is -0.426 e. The van der Waals surface area contributed by atoms with Gasteiger partial charge in [0.2, 0.25) is 0 Å². The van der Waals surface area contributed by atoms with Gasteiger partial charge in [0, 0.05) is 29.5 Å². The van der Waals surface area contributed by atoms with Gasteiger partial charge >= 0.3 is 5.97 Å². The molecule has 0 aromatic heterocycles. The lowest BCUT2D eigenvalue weighted by Gasteiger charge is -2.32. The van der Waals surface area contributed by atoms with E-state index in [2.05, 4.69) is 0 Å². The predicted molar refractivity (Wildman–Crippen MR) is 116 cm³/mol. The second-order valence-electron chi connectivity index (χ2n) is 7.07. The molecule has 5 heteroatoms. The lowest BCUT2D eigenvalue weighted by Crippen LogP contribution is -2.46. The minimum atomic E-state index is -1.56. The minimum absolute atomic E-state index is 0.169. The van der Waals surface area contributed by atoms with Crippen molar-refractivity contribution in [2.75, 3.05) is 0 Å². The first kappa shape index (κ1) is 21.0. The van der Waals surface area contributed by atoms with E-state index in [9.17, 15) is 9.59 Å². The van der Waals surface area contributed by atoms with Crippen LogP contribution in [-0.4, -0.2) is 11.8 Å². The first-order chi connectivity index (χ1) is 13.9. The van der Waals surface area contributed by atoms with Crippen molar-refractivity contribution in [1.29, 1.82) is 0 Å². The van der Waals surface area contributed by atoms with E-state index in [1.807, 2.05) is 37.3 Å². The number of Topliss-reactive ketones (excluding diaryl/α,β-unsaturated/α-hetero) is 1. The van der Waals surface area contributed by atoms with E-state index in [1.54, 1.807) is 30.3 Å². The number of unbranched alkanes of at least 4 members (excludes halogenated alkanes) is 1. The summed E-state index contributed by atoms with van der Waals surface area (Å²) in [6, 6.07) is 18.2. The smallest absolute Gasteiger partial charge is 0.308 e. The molecule has 29 heavy (non-hydrogen) atoms. The Kier molecular flexibility index (Phi) is 6.36. The highest BCUT2D eigenvalue weighted by Gasteiger charge is 2.42. The number of nitrogens with two attached hydrogens (primary N) is 1. The Labute approximate surface area is 175 Å². The fraction of sp³-hybridized carbons (Fsp3) is 0.250. The fourth-order valence-electron chi connectivity index (χ4n) is 3.64. The highest BCUT2D eigenvalue weighted by molar-refractivity contribution is 6.32. The van der Waals surface area contributed by atoms with Crippen LogP contribution < -0.4 is 10.5 Å². The third kappa shape index (κ3) is 4.04. The molecule has 3 aromatic rings. The fourth-order valence-corrected chi connectivity index (χ4v) is 3.92. The quantitative estimate of drug-likeness (QED) is 0.420. The summed E-state index contributed by atoms with van der Waals surface area (Å²) >= 11 is 6.51. The van der Waals surface area contributed by atoms with Crippen LogP contribution >= 0.6 is 11.6 Å². The second-order valence-corrected chi connectivity index (χ2v) is 7.48. The van der Waals surface area contributed by atoms with Crippen LogP contribution in [-0.2, 0) is 15.1 Å². The van der Waals surface area contributed by atoms with E-state index in [0.717, 1.165) is 17.2 Å². The normalized spacial score (nSPS) is 13.1. The van der Waals surface area contributed by atoms with Crippen molar-refractivity contribution >= 4 is 34.1 Å². The van der Waals surface area contributed by atoms with Gasteiger partial charge in [0.25, 0.3) is 0 Å². The standard InChI is InChI=1S/C24H24ClNO3/c1-3-4-13-22(28)24(26,19-11-7-8-12-20(19)25)23-18-10-6-5-9-17(18)14-15-21(23)29-16(2)27/h5-12,14-15H,3-4,13,26H2,1-2H3. The van der Waals surface area contributed by atoms with E-state index in [-0.39, 0.29) is 11.5 Å². The summed E-state index contributed by atoms with van der Waals surface area (Å²) in [4.78, 5) is 25.3. The summed E-state index contributed by atoms with van der Waals surface area (Å²) in [7, 11) is 0. The van der Waals surface area contributed by atoms with Crippen LogP contribution in [0, 0.1) is 0 Å². The van der Waals surface area contributed by atoms with Crippen LogP contribution in [0.25, 0.3) is 10.8 Å². The number of fused-ring (bicyclic) bond motifs is 1. The van der Waals surface area contributed by atoms with Crippen LogP contribution in [0.2, 0.25) is 5.02 Å². The summed E-state index contributed by atoms with van der Waals surface area (Å²) in [5, 5.41) is 2.03. The molecule has 150 valence electrons. The van der Waals surface area contributed by atoms with Gasteiger partial charge in [0.15, 0.2) is 5.78 Å². The van der Waals surface area contributed by atoms with E-state index < -0.39 is 11.5 Å². The summed E-state index contributed by atoms with van der Waals surface area (Å²) in [6.07, 6.45) is 1.85. The Balaban J connectivity index is 2.39. The van der Waals surface area contributed by atoms with Crippen LogP contribution in [0.1, 0.15) is 44.2 Å². The van der Waals surface area contributed by atoms with Gasteiger partial charge in [-0.3, -0.25) is 9.59 Å². The van der Waals surface area contributed by atoms with Gasteiger partial charge in [-0.15, -0.1) is 0 Å². The van der Waals surface area contributed by atoms with Gasteiger partial charge < -0.3 is 10.5 Å². The lowest BCUT2D eigenvalue weighted by molar-refractivity contribution is -0.132. The molecule has 3 aromatic carbocycles. The lowest BCUT2D eigenvalue weighted by atomic mass is 9.76. The molecular formula is C24H24ClNO3. The first-order valence-corrected chi connectivity index (χ1v) is 10.0. The van der Waals surface area contributed by atoms with Crippen LogP contribution in [0.3, 0.4) is 0 Å². The predicted octanol–water partition coefficient (Wildman–Crippen LogP) is 5.38. The maximum atomic E-state index is 13.5. The number of rotatable bonds is 7. The van der Waals surface area contributed by atoms with Crippen LogP contribution in [0.5, 0.6) is 5.75 Å². The third-order valence-corrected chi connectivity index (χ3v) is 5.36. The molecule has 0 radical (unpaired) electrons. The van der Waals surface area contributed by atoms with Crippen molar-refractivity contribution < 1.29 is 14.3 Å². The van der Waals surface area contributed by atoms with Crippen molar-refractivity contribution in [1.82, 2.24) is 0 Å². The molecule has 0 aliphatic carbocycles. The topological polar surface area (TPSA) is 69.4 Å². The summed E-state index contributed by atoms with van der Waals surface area (Å²) < 4.78 is 5.50. The van der Waals surface area contributed by atoms with Gasteiger partial charge in [-0.05, 0) is 29.3 Å². The zero-order chi connectivity index (χ0) is 21.0. The maximum absolute atomic E-state index is 13.5.